The van der Waals surface area contributed by atoms with Crippen molar-refractivity contribution in [1.29, 1.82) is 5.26 Å². The van der Waals surface area contributed by atoms with Crippen LogP contribution in [-0.2, 0) is 9.47 Å². The minimum Gasteiger partial charge on any atom is -0.377 e. The second-order valence-corrected chi connectivity index (χ2v) is 8.54. The summed E-state index contributed by atoms with van der Waals surface area (Å²) in [5, 5.41) is 13.0. The Kier molecular flexibility index (Phi) is 5.90. The molecule has 2 aromatic heterocycles. The number of nitrogens with zero attached hydrogens (tertiary/aromatic N) is 4. The third-order valence-electron chi connectivity index (χ3n) is 6.26. The molecule has 33 heavy (non-hydrogen) atoms. The maximum Gasteiger partial charge on any atom is 0.254 e. The summed E-state index contributed by atoms with van der Waals surface area (Å²) in [5.74, 6) is 0.683. The number of aromatic nitrogens is 2. The quantitative estimate of drug-likeness (QED) is 0.662. The van der Waals surface area contributed by atoms with Crippen LogP contribution in [0.25, 0.3) is 10.9 Å². The summed E-state index contributed by atoms with van der Waals surface area (Å²) in [7, 11) is 0. The second kappa shape index (κ2) is 9.14. The molecule has 0 saturated carbocycles. The summed E-state index contributed by atoms with van der Waals surface area (Å²) in [6.07, 6.45) is 4.91. The normalized spacial score (nSPS) is 22.8. The van der Waals surface area contributed by atoms with Crippen LogP contribution < -0.4 is 5.32 Å². The van der Waals surface area contributed by atoms with Crippen molar-refractivity contribution >= 4 is 22.6 Å². The molecule has 2 aliphatic rings. The van der Waals surface area contributed by atoms with Gasteiger partial charge in [0.05, 0.1) is 42.5 Å². The molecule has 1 aromatic carbocycles. The monoisotopic (exact) mass is 443 g/mol. The van der Waals surface area contributed by atoms with Crippen LogP contribution in [0, 0.1) is 11.3 Å². The molecule has 0 bridgehead atoms. The number of anilines is 1. The van der Waals surface area contributed by atoms with Gasteiger partial charge in [-0.25, -0.2) is 4.98 Å². The number of carbonyl (C=O) groups excluding carboxylic acids is 1. The van der Waals surface area contributed by atoms with Crippen LogP contribution in [0.15, 0.2) is 54.9 Å². The van der Waals surface area contributed by atoms with Crippen LogP contribution in [-0.4, -0.2) is 65.3 Å². The number of nitrogens with one attached hydrogen (secondary N) is 1. The van der Waals surface area contributed by atoms with E-state index in [0.717, 1.165) is 23.7 Å². The van der Waals surface area contributed by atoms with Gasteiger partial charge in [0.15, 0.2) is 0 Å². The zero-order valence-electron chi connectivity index (χ0n) is 18.2. The highest BCUT2D eigenvalue weighted by molar-refractivity contribution is 6.06. The number of nitriles is 1. The first-order chi connectivity index (χ1) is 16.2. The molecule has 2 atom stereocenters. The highest BCUT2D eigenvalue weighted by atomic mass is 16.6. The lowest BCUT2D eigenvalue weighted by Crippen LogP contribution is -2.47. The maximum atomic E-state index is 13.5. The van der Waals surface area contributed by atoms with Gasteiger partial charge in [-0.2, -0.15) is 5.26 Å². The highest BCUT2D eigenvalue weighted by Gasteiger charge is 2.44. The molecule has 1 amide bonds. The Hall–Kier alpha value is -3.54. The standard InChI is InChI=1S/C25H25N5O3/c26-13-18-5-6-23(28-14-18)29-15-19-7-9-25(33-19)16-30(11-12-32-17-25)24(31)21-8-10-27-22-4-2-1-3-20(21)22/h1-6,8,10,14,19H,7,9,11-12,15-17H2,(H,28,29)/t19-,25-/m0/s1. The van der Waals surface area contributed by atoms with Crippen molar-refractivity contribution in [1.82, 2.24) is 14.9 Å². The lowest BCUT2D eigenvalue weighted by Gasteiger charge is -2.32. The molecular formula is C25H25N5O3. The number of rotatable bonds is 4. The predicted octanol–water partition coefficient (Wildman–Crippen LogP) is 3.00. The molecule has 2 aliphatic heterocycles. The third-order valence-corrected chi connectivity index (χ3v) is 6.26. The first-order valence-corrected chi connectivity index (χ1v) is 11.1. The molecule has 0 aliphatic carbocycles. The van der Waals surface area contributed by atoms with E-state index >= 15 is 0 Å². The average Bonchev–Trinajstić information content (AvgIpc) is 3.14. The molecule has 4 heterocycles. The molecule has 3 aromatic rings. The summed E-state index contributed by atoms with van der Waals surface area (Å²) >= 11 is 0. The topological polar surface area (TPSA) is 100 Å². The van der Waals surface area contributed by atoms with E-state index in [1.807, 2.05) is 29.2 Å². The Morgan fingerprint density at radius 1 is 1.24 bits per heavy atom. The SMILES string of the molecule is N#Cc1ccc(NC[C@@H]2CC[C@]3(COCCN(C(=O)c4ccnc5ccccc45)C3)O2)nc1. The summed E-state index contributed by atoms with van der Waals surface area (Å²) < 4.78 is 12.3. The molecule has 8 heteroatoms. The molecule has 1 N–H and O–H groups in total. The molecular weight excluding hydrogens is 418 g/mol. The van der Waals surface area contributed by atoms with E-state index in [1.165, 1.54) is 0 Å². The van der Waals surface area contributed by atoms with E-state index in [2.05, 4.69) is 21.4 Å². The van der Waals surface area contributed by atoms with E-state index in [4.69, 9.17) is 14.7 Å². The Morgan fingerprint density at radius 3 is 3.00 bits per heavy atom. The van der Waals surface area contributed by atoms with E-state index in [-0.39, 0.29) is 12.0 Å². The van der Waals surface area contributed by atoms with E-state index in [9.17, 15) is 4.79 Å². The van der Waals surface area contributed by atoms with Crippen molar-refractivity contribution in [2.75, 3.05) is 38.2 Å². The molecule has 0 radical (unpaired) electrons. The number of amides is 1. The van der Waals surface area contributed by atoms with Crippen molar-refractivity contribution in [2.45, 2.75) is 24.5 Å². The number of hydrogen-bond acceptors (Lipinski definition) is 7. The van der Waals surface area contributed by atoms with Crippen LogP contribution >= 0.6 is 0 Å². The van der Waals surface area contributed by atoms with E-state index in [1.54, 1.807) is 30.6 Å². The fourth-order valence-corrected chi connectivity index (χ4v) is 4.58. The molecule has 2 saturated heterocycles. The van der Waals surface area contributed by atoms with Crippen molar-refractivity contribution in [3.05, 3.63) is 66.0 Å². The Morgan fingerprint density at radius 2 is 2.15 bits per heavy atom. The van der Waals surface area contributed by atoms with Gasteiger partial charge in [0.1, 0.15) is 17.5 Å². The lowest BCUT2D eigenvalue weighted by atomic mass is 9.99. The van der Waals surface area contributed by atoms with Gasteiger partial charge in [-0.05, 0) is 37.1 Å². The van der Waals surface area contributed by atoms with Gasteiger partial charge < -0.3 is 19.7 Å². The number of ether oxygens (including phenoxy) is 2. The van der Waals surface area contributed by atoms with Gasteiger partial charge in [0.2, 0.25) is 0 Å². The zero-order valence-corrected chi connectivity index (χ0v) is 18.2. The molecule has 8 nitrogen and oxygen atoms in total. The zero-order chi connectivity index (χ0) is 22.7. The second-order valence-electron chi connectivity index (χ2n) is 8.54. The Labute approximate surface area is 192 Å². The van der Waals surface area contributed by atoms with Gasteiger partial charge in [0, 0.05) is 30.9 Å². The van der Waals surface area contributed by atoms with Crippen molar-refractivity contribution in [3.8, 4) is 6.07 Å². The van der Waals surface area contributed by atoms with Crippen LogP contribution in [0.3, 0.4) is 0 Å². The van der Waals surface area contributed by atoms with Gasteiger partial charge >= 0.3 is 0 Å². The summed E-state index contributed by atoms with van der Waals surface area (Å²) in [4.78, 5) is 24.0. The third kappa shape index (κ3) is 4.51. The molecule has 168 valence electrons. The fraction of sp³-hybridized carbons (Fsp3) is 0.360. The van der Waals surface area contributed by atoms with Crippen LogP contribution in [0.4, 0.5) is 5.82 Å². The van der Waals surface area contributed by atoms with E-state index in [0.29, 0.717) is 49.8 Å². The number of fused-ring (bicyclic) bond motifs is 1. The smallest absolute Gasteiger partial charge is 0.254 e. The first-order valence-electron chi connectivity index (χ1n) is 11.1. The minimum absolute atomic E-state index is 0.0112. The predicted molar refractivity (Wildman–Crippen MR) is 123 cm³/mol. The lowest BCUT2D eigenvalue weighted by molar-refractivity contribution is -0.0802. The number of benzene rings is 1. The van der Waals surface area contributed by atoms with Crippen LogP contribution in [0.5, 0.6) is 0 Å². The summed E-state index contributed by atoms with van der Waals surface area (Å²) in [5.41, 5.74) is 1.47. The fourth-order valence-electron chi connectivity index (χ4n) is 4.58. The summed E-state index contributed by atoms with van der Waals surface area (Å²) in [6.45, 7) is 2.58. The average molecular weight is 444 g/mol. The summed E-state index contributed by atoms with van der Waals surface area (Å²) in [6, 6.07) is 15.1. The van der Waals surface area contributed by atoms with E-state index < -0.39 is 5.60 Å². The maximum absolute atomic E-state index is 13.5. The highest BCUT2D eigenvalue weighted by Crippen LogP contribution is 2.34. The Bertz CT molecular complexity index is 1190. The van der Waals surface area contributed by atoms with Crippen molar-refractivity contribution < 1.29 is 14.3 Å². The number of pyridine rings is 2. The molecule has 2 fully saturated rings. The van der Waals surface area contributed by atoms with Crippen molar-refractivity contribution in [2.24, 2.45) is 0 Å². The number of para-hydroxylation sites is 1. The molecule has 5 rings (SSSR count). The van der Waals surface area contributed by atoms with Gasteiger partial charge in [-0.15, -0.1) is 0 Å². The Balaban J connectivity index is 1.27. The van der Waals surface area contributed by atoms with Gasteiger partial charge in [-0.1, -0.05) is 18.2 Å². The molecule has 0 unspecified atom stereocenters. The largest absolute Gasteiger partial charge is 0.377 e. The van der Waals surface area contributed by atoms with Gasteiger partial charge in [-0.3, -0.25) is 9.78 Å². The van der Waals surface area contributed by atoms with Crippen LogP contribution in [0.1, 0.15) is 28.8 Å². The number of carbonyl (C=O) groups is 1. The van der Waals surface area contributed by atoms with Crippen LogP contribution in [0.2, 0.25) is 0 Å². The van der Waals surface area contributed by atoms with Crippen molar-refractivity contribution in [3.63, 3.8) is 0 Å². The molecule has 1 spiro atoms. The van der Waals surface area contributed by atoms with Gasteiger partial charge in [0.25, 0.3) is 5.91 Å². The number of hydrogen-bond donors (Lipinski definition) is 1. The first kappa shape index (κ1) is 21.3. The minimum atomic E-state index is -0.514.